The lowest BCUT2D eigenvalue weighted by atomic mass is 10.2. The van der Waals surface area contributed by atoms with Gasteiger partial charge in [-0.2, -0.15) is 4.99 Å². The predicted octanol–water partition coefficient (Wildman–Crippen LogP) is 3.54. The lowest BCUT2D eigenvalue weighted by Crippen LogP contribution is -2.17. The number of ether oxygens (including phenoxy) is 1. The van der Waals surface area contributed by atoms with E-state index in [2.05, 4.69) is 51.1 Å². The topological polar surface area (TPSA) is 39.4 Å². The average Bonchev–Trinajstić information content (AvgIpc) is 2.89. The Morgan fingerprint density at radius 1 is 1.18 bits per heavy atom. The Morgan fingerprint density at radius 3 is 2.77 bits per heavy atom. The predicted molar refractivity (Wildman–Crippen MR) is 88.6 cm³/mol. The third-order valence-electron chi connectivity index (χ3n) is 3.35. The second-order valence-electron chi connectivity index (χ2n) is 4.87. The maximum Gasteiger partial charge on any atom is 0.197 e. The molecule has 0 amide bonds. The van der Waals surface area contributed by atoms with Crippen LogP contribution in [0.25, 0.3) is 0 Å². The Bertz CT molecular complexity index is 821. The quantitative estimate of drug-likeness (QED) is 0.739. The average molecular weight is 311 g/mol. The second-order valence-corrected chi connectivity index (χ2v) is 5.71. The highest BCUT2D eigenvalue weighted by Gasteiger charge is 2.05. The summed E-state index contributed by atoms with van der Waals surface area (Å²) >= 11 is 1.61. The summed E-state index contributed by atoms with van der Waals surface area (Å²) in [6.45, 7) is 2.89. The molecule has 0 aliphatic carbocycles. The molecule has 0 saturated heterocycles. The zero-order valence-corrected chi connectivity index (χ0v) is 13.4. The third-order valence-corrected chi connectivity index (χ3v) is 4.33. The molecule has 0 saturated carbocycles. The van der Waals surface area contributed by atoms with Crippen LogP contribution >= 0.6 is 11.3 Å². The number of aryl methyl sites for hydroxylation is 1. The largest absolute Gasteiger partial charge is 0.493 e. The normalized spacial score (nSPS) is 11.6. The van der Waals surface area contributed by atoms with Crippen molar-refractivity contribution in [2.24, 2.45) is 4.99 Å². The molecule has 0 unspecified atom stereocenters. The van der Waals surface area contributed by atoms with E-state index in [-0.39, 0.29) is 0 Å². The Labute approximate surface area is 133 Å². The van der Waals surface area contributed by atoms with Crippen molar-refractivity contribution < 1.29 is 4.74 Å². The maximum absolute atomic E-state index is 5.32. The van der Waals surface area contributed by atoms with Gasteiger partial charge in [-0.15, -0.1) is 11.3 Å². The van der Waals surface area contributed by atoms with Crippen molar-refractivity contribution in [3.63, 3.8) is 0 Å². The number of aromatic nitrogens is 2. The van der Waals surface area contributed by atoms with Gasteiger partial charge in [-0.1, -0.05) is 30.3 Å². The van der Waals surface area contributed by atoms with E-state index in [0.29, 0.717) is 11.6 Å². The fourth-order valence-corrected chi connectivity index (χ4v) is 3.06. The fourth-order valence-electron chi connectivity index (χ4n) is 2.18. The highest BCUT2D eigenvalue weighted by Crippen LogP contribution is 2.22. The van der Waals surface area contributed by atoms with Crippen LogP contribution in [-0.2, 0) is 6.54 Å². The van der Waals surface area contributed by atoms with Gasteiger partial charge < -0.3 is 9.30 Å². The smallest absolute Gasteiger partial charge is 0.197 e. The number of pyridine rings is 1. The van der Waals surface area contributed by atoms with Crippen molar-refractivity contribution in [1.82, 2.24) is 9.55 Å². The standard InChI is InChI=1S/C17H17N3OS/c1-13-12-22-17(19-16-15(21-2)9-6-10-18-16)20(13)11-14-7-4-3-5-8-14/h3-10,12H,11H2,1-2H3/b19-17-. The van der Waals surface area contributed by atoms with Crippen LogP contribution in [0.5, 0.6) is 5.75 Å². The lowest BCUT2D eigenvalue weighted by Gasteiger charge is -2.06. The Hall–Kier alpha value is -2.40. The number of nitrogens with zero attached hydrogens (tertiary/aromatic N) is 3. The van der Waals surface area contributed by atoms with E-state index in [4.69, 9.17) is 4.74 Å². The van der Waals surface area contributed by atoms with Crippen molar-refractivity contribution in [3.05, 3.63) is 70.1 Å². The number of methoxy groups -OCH3 is 1. The lowest BCUT2D eigenvalue weighted by molar-refractivity contribution is 0.414. The molecule has 0 spiro atoms. The van der Waals surface area contributed by atoms with E-state index in [1.165, 1.54) is 11.3 Å². The molecule has 0 aliphatic heterocycles. The van der Waals surface area contributed by atoms with Crippen LogP contribution in [0, 0.1) is 6.92 Å². The molecule has 0 radical (unpaired) electrons. The summed E-state index contributed by atoms with van der Waals surface area (Å²) in [5.41, 5.74) is 2.43. The van der Waals surface area contributed by atoms with Crippen LogP contribution in [0.2, 0.25) is 0 Å². The highest BCUT2D eigenvalue weighted by molar-refractivity contribution is 7.07. The Kier molecular flexibility index (Phi) is 4.34. The zero-order valence-electron chi connectivity index (χ0n) is 12.6. The van der Waals surface area contributed by atoms with Crippen LogP contribution in [0.1, 0.15) is 11.3 Å². The molecule has 0 aliphatic rings. The van der Waals surface area contributed by atoms with E-state index in [0.717, 1.165) is 11.3 Å². The molecule has 2 aromatic heterocycles. The van der Waals surface area contributed by atoms with Gasteiger partial charge in [0.05, 0.1) is 13.7 Å². The molecule has 5 heteroatoms. The molecule has 2 heterocycles. The van der Waals surface area contributed by atoms with Gasteiger partial charge >= 0.3 is 0 Å². The van der Waals surface area contributed by atoms with E-state index < -0.39 is 0 Å². The summed E-state index contributed by atoms with van der Waals surface area (Å²) in [7, 11) is 1.63. The van der Waals surface area contributed by atoms with Crippen molar-refractivity contribution in [2.45, 2.75) is 13.5 Å². The SMILES string of the molecule is COc1cccnc1/N=c1\scc(C)n1Cc1ccccc1. The van der Waals surface area contributed by atoms with Crippen LogP contribution in [0.15, 0.2) is 59.0 Å². The van der Waals surface area contributed by atoms with Crippen LogP contribution in [0.4, 0.5) is 5.82 Å². The number of rotatable bonds is 4. The highest BCUT2D eigenvalue weighted by atomic mass is 32.1. The maximum atomic E-state index is 5.32. The van der Waals surface area contributed by atoms with Crippen LogP contribution in [0.3, 0.4) is 0 Å². The van der Waals surface area contributed by atoms with Crippen molar-refractivity contribution >= 4 is 17.2 Å². The number of hydrogen-bond acceptors (Lipinski definition) is 4. The van der Waals surface area contributed by atoms with Gasteiger partial charge in [0.25, 0.3) is 0 Å². The summed E-state index contributed by atoms with van der Waals surface area (Å²) in [5.74, 6) is 1.29. The minimum atomic E-state index is 0.605. The molecule has 0 atom stereocenters. The van der Waals surface area contributed by atoms with Gasteiger partial charge in [-0.3, -0.25) is 0 Å². The summed E-state index contributed by atoms with van der Waals surface area (Å²) in [4.78, 5) is 9.89. The molecular formula is C17H17N3OS. The Balaban J connectivity index is 2.03. The van der Waals surface area contributed by atoms with E-state index in [1.54, 1.807) is 24.6 Å². The van der Waals surface area contributed by atoms with E-state index in [1.807, 2.05) is 18.2 Å². The number of benzene rings is 1. The molecule has 4 nitrogen and oxygen atoms in total. The van der Waals surface area contributed by atoms with Gasteiger partial charge in [0.1, 0.15) is 0 Å². The fraction of sp³-hybridized carbons (Fsp3) is 0.176. The van der Waals surface area contributed by atoms with Gasteiger partial charge in [-0.05, 0) is 24.6 Å². The molecule has 112 valence electrons. The molecule has 0 N–H and O–H groups in total. The van der Waals surface area contributed by atoms with Crippen molar-refractivity contribution in [1.29, 1.82) is 0 Å². The number of thiazole rings is 1. The molecule has 3 rings (SSSR count). The number of hydrogen-bond donors (Lipinski definition) is 0. The minimum absolute atomic E-state index is 0.605. The summed E-state index contributed by atoms with van der Waals surface area (Å²) in [6, 6.07) is 14.1. The molecular weight excluding hydrogens is 294 g/mol. The first-order chi connectivity index (χ1) is 10.8. The first kappa shape index (κ1) is 14.5. The first-order valence-corrected chi connectivity index (χ1v) is 7.88. The molecule has 22 heavy (non-hydrogen) atoms. The summed E-state index contributed by atoms with van der Waals surface area (Å²) in [6.07, 6.45) is 1.73. The summed E-state index contributed by atoms with van der Waals surface area (Å²) < 4.78 is 7.51. The Morgan fingerprint density at radius 2 is 2.00 bits per heavy atom. The van der Waals surface area contributed by atoms with Crippen molar-refractivity contribution in [3.8, 4) is 5.75 Å². The first-order valence-electron chi connectivity index (χ1n) is 7.00. The molecule has 0 bridgehead atoms. The second kappa shape index (κ2) is 6.58. The van der Waals surface area contributed by atoms with Gasteiger partial charge in [0.15, 0.2) is 16.4 Å². The van der Waals surface area contributed by atoms with E-state index >= 15 is 0 Å². The molecule has 3 aromatic rings. The van der Waals surface area contributed by atoms with Crippen molar-refractivity contribution in [2.75, 3.05) is 7.11 Å². The summed E-state index contributed by atoms with van der Waals surface area (Å²) in [5, 5.41) is 2.11. The van der Waals surface area contributed by atoms with Gasteiger partial charge in [-0.25, -0.2) is 4.98 Å². The molecule has 1 aromatic carbocycles. The minimum Gasteiger partial charge on any atom is -0.493 e. The van der Waals surface area contributed by atoms with Crippen LogP contribution in [-0.4, -0.2) is 16.7 Å². The third kappa shape index (κ3) is 3.09. The zero-order chi connectivity index (χ0) is 15.4. The van der Waals surface area contributed by atoms with Gasteiger partial charge in [0.2, 0.25) is 0 Å². The van der Waals surface area contributed by atoms with E-state index in [9.17, 15) is 0 Å². The molecule has 0 fully saturated rings. The monoisotopic (exact) mass is 311 g/mol. The van der Waals surface area contributed by atoms with Crippen LogP contribution < -0.4 is 9.54 Å². The van der Waals surface area contributed by atoms with Gasteiger partial charge in [0, 0.05) is 17.3 Å².